The highest BCUT2D eigenvalue weighted by atomic mass is 16.7. The number of rotatable bonds is 5. The summed E-state index contributed by atoms with van der Waals surface area (Å²) in [5, 5.41) is 0. The molecule has 1 aliphatic heterocycles. The molecule has 10 nitrogen and oxygen atoms in total. The van der Waals surface area contributed by atoms with Gasteiger partial charge in [0.15, 0.2) is 18.4 Å². The van der Waals surface area contributed by atoms with Crippen molar-refractivity contribution in [3.8, 4) is 0 Å². The summed E-state index contributed by atoms with van der Waals surface area (Å²) in [5.74, 6) is -1.85. The first-order valence-corrected chi connectivity index (χ1v) is 7.46. The van der Waals surface area contributed by atoms with Crippen LogP contribution in [-0.4, -0.2) is 52.4 Å². The fraction of sp³-hybridized carbons (Fsp3) is 0.533. The van der Waals surface area contributed by atoms with Gasteiger partial charge in [-0.05, 0) is 6.07 Å². The lowest BCUT2D eigenvalue weighted by molar-refractivity contribution is -0.166. The molecule has 2 rings (SSSR count). The van der Waals surface area contributed by atoms with Crippen LogP contribution in [0.3, 0.4) is 0 Å². The van der Waals surface area contributed by atoms with Crippen molar-refractivity contribution in [3.05, 3.63) is 28.9 Å². The maximum absolute atomic E-state index is 12.0. The number of hydrogen-bond donors (Lipinski definition) is 0. The van der Waals surface area contributed by atoms with E-state index in [2.05, 4.69) is 4.98 Å². The van der Waals surface area contributed by atoms with Gasteiger partial charge in [0.1, 0.15) is 12.7 Å². The quantitative estimate of drug-likeness (QED) is 0.511. The Hall–Kier alpha value is -2.75. The Labute approximate surface area is 142 Å². The average Bonchev–Trinajstić information content (AvgIpc) is 2.82. The fourth-order valence-electron chi connectivity index (χ4n) is 2.48. The minimum Gasteiger partial charge on any atom is -0.463 e. The molecule has 0 spiro atoms. The number of nitrogens with zero attached hydrogens (tertiary/aromatic N) is 2. The first-order valence-electron chi connectivity index (χ1n) is 7.46. The first kappa shape index (κ1) is 18.6. The van der Waals surface area contributed by atoms with E-state index < -0.39 is 48.1 Å². The number of carbonyl (C=O) groups excluding carboxylic acids is 3. The Morgan fingerprint density at radius 3 is 2.32 bits per heavy atom. The molecule has 0 radical (unpaired) electrons. The third-order valence-corrected chi connectivity index (χ3v) is 3.35. The zero-order valence-electron chi connectivity index (χ0n) is 13.9. The second-order valence-corrected chi connectivity index (χ2v) is 5.33. The molecule has 136 valence electrons. The van der Waals surface area contributed by atoms with Gasteiger partial charge in [0.25, 0.3) is 0 Å². The molecule has 1 saturated heterocycles. The van der Waals surface area contributed by atoms with Crippen molar-refractivity contribution in [1.29, 1.82) is 0 Å². The summed E-state index contributed by atoms with van der Waals surface area (Å²) in [4.78, 5) is 49.5. The lowest BCUT2D eigenvalue weighted by atomic mass is 10.1. The fourth-order valence-corrected chi connectivity index (χ4v) is 2.48. The molecule has 1 aliphatic rings. The lowest BCUT2D eigenvalue weighted by Crippen LogP contribution is -2.41. The van der Waals surface area contributed by atoms with Crippen molar-refractivity contribution in [2.24, 2.45) is 0 Å². The van der Waals surface area contributed by atoms with Crippen molar-refractivity contribution in [2.75, 3.05) is 6.61 Å². The zero-order valence-corrected chi connectivity index (χ0v) is 13.9. The molecule has 0 unspecified atom stereocenters. The second kappa shape index (κ2) is 7.88. The molecule has 1 aromatic heterocycles. The number of ether oxygens (including phenoxy) is 4. The van der Waals surface area contributed by atoms with Gasteiger partial charge in [0.2, 0.25) is 0 Å². The molecular formula is C15H18N2O8. The third kappa shape index (κ3) is 4.63. The number of carbonyl (C=O) groups is 3. The van der Waals surface area contributed by atoms with E-state index in [0.29, 0.717) is 0 Å². The molecule has 1 fully saturated rings. The highest BCUT2D eigenvalue weighted by Crippen LogP contribution is 2.33. The molecule has 0 amide bonds. The summed E-state index contributed by atoms with van der Waals surface area (Å²) in [6, 6.07) is 1.50. The minimum absolute atomic E-state index is 0.240. The van der Waals surface area contributed by atoms with Gasteiger partial charge < -0.3 is 18.9 Å². The zero-order chi connectivity index (χ0) is 18.6. The lowest BCUT2D eigenvalue weighted by Gasteiger charge is -2.23. The Morgan fingerprint density at radius 2 is 1.76 bits per heavy atom. The molecular weight excluding hydrogens is 336 g/mol. The van der Waals surface area contributed by atoms with Crippen LogP contribution in [0.5, 0.6) is 0 Å². The smallest absolute Gasteiger partial charge is 0.349 e. The number of esters is 3. The summed E-state index contributed by atoms with van der Waals surface area (Å²) >= 11 is 0. The van der Waals surface area contributed by atoms with Crippen molar-refractivity contribution in [3.63, 3.8) is 0 Å². The molecule has 25 heavy (non-hydrogen) atoms. The third-order valence-electron chi connectivity index (χ3n) is 3.35. The molecule has 0 N–H and O–H groups in total. The van der Waals surface area contributed by atoms with Crippen LogP contribution in [0, 0.1) is 0 Å². The van der Waals surface area contributed by atoms with Crippen molar-refractivity contribution >= 4 is 17.9 Å². The van der Waals surface area contributed by atoms with Crippen LogP contribution in [0.15, 0.2) is 23.3 Å². The van der Waals surface area contributed by atoms with Crippen LogP contribution in [0.2, 0.25) is 0 Å². The van der Waals surface area contributed by atoms with Crippen LogP contribution < -0.4 is 5.69 Å². The number of aromatic nitrogens is 2. The molecule has 2 heterocycles. The van der Waals surface area contributed by atoms with Crippen molar-refractivity contribution in [1.82, 2.24) is 9.55 Å². The highest BCUT2D eigenvalue weighted by Gasteiger charge is 2.50. The van der Waals surface area contributed by atoms with E-state index in [-0.39, 0.29) is 6.61 Å². The summed E-state index contributed by atoms with van der Waals surface area (Å²) in [6.07, 6.45) is -1.48. The topological polar surface area (TPSA) is 123 Å². The van der Waals surface area contributed by atoms with E-state index >= 15 is 0 Å². The Kier molecular flexibility index (Phi) is 5.86. The van der Waals surface area contributed by atoms with Gasteiger partial charge in [-0.25, -0.2) is 9.78 Å². The van der Waals surface area contributed by atoms with Gasteiger partial charge >= 0.3 is 23.6 Å². The summed E-state index contributed by atoms with van der Waals surface area (Å²) in [5.41, 5.74) is -0.639. The van der Waals surface area contributed by atoms with Gasteiger partial charge in [-0.1, -0.05) is 0 Å². The molecule has 4 atom stereocenters. The van der Waals surface area contributed by atoms with Gasteiger partial charge in [0, 0.05) is 33.2 Å². The van der Waals surface area contributed by atoms with Crippen molar-refractivity contribution in [2.45, 2.75) is 45.3 Å². The SMILES string of the molecule is CC(=O)OC[C@@H]1O[C@@H](n2cccnc2=O)[C@@H](OC(C)=O)[C@@H]1OC(C)=O. The normalized spacial score (nSPS) is 25.2. The minimum atomic E-state index is -1.11. The van der Waals surface area contributed by atoms with Crippen LogP contribution >= 0.6 is 0 Å². The standard InChI is InChI=1S/C15H18N2O8/c1-8(18)22-7-11-12(23-9(2)19)13(24-10(3)20)14(25-11)17-6-4-5-16-15(17)21/h4-6,11-14H,7H2,1-3H3/t11-,12+,13-,14+/m0/s1. The second-order valence-electron chi connectivity index (χ2n) is 5.33. The average molecular weight is 354 g/mol. The first-order chi connectivity index (χ1) is 11.8. The monoisotopic (exact) mass is 354 g/mol. The maximum Gasteiger partial charge on any atom is 0.349 e. The largest absolute Gasteiger partial charge is 0.463 e. The molecule has 0 aromatic carbocycles. The molecule has 0 bridgehead atoms. The van der Waals surface area contributed by atoms with Gasteiger partial charge in [-0.3, -0.25) is 19.0 Å². The van der Waals surface area contributed by atoms with Crippen LogP contribution in [0.25, 0.3) is 0 Å². The van der Waals surface area contributed by atoms with Gasteiger partial charge in [-0.15, -0.1) is 0 Å². The summed E-state index contributed by atoms with van der Waals surface area (Å²) in [7, 11) is 0. The van der Waals surface area contributed by atoms with E-state index in [9.17, 15) is 19.2 Å². The molecule has 0 aliphatic carbocycles. The van der Waals surface area contributed by atoms with Gasteiger partial charge in [-0.2, -0.15) is 0 Å². The van der Waals surface area contributed by atoms with Crippen LogP contribution in [-0.2, 0) is 33.3 Å². The number of hydrogen-bond acceptors (Lipinski definition) is 9. The van der Waals surface area contributed by atoms with E-state index in [1.54, 1.807) is 0 Å². The molecule has 10 heteroatoms. The summed E-state index contributed by atoms with van der Waals surface area (Å²) < 4.78 is 22.1. The maximum atomic E-state index is 12.0. The van der Waals surface area contributed by atoms with E-state index in [1.165, 1.54) is 39.2 Å². The molecule has 0 saturated carbocycles. The van der Waals surface area contributed by atoms with E-state index in [0.717, 1.165) is 4.57 Å². The Balaban J connectivity index is 2.37. The predicted octanol–water partition coefficient (Wildman–Crippen LogP) is -0.433. The van der Waals surface area contributed by atoms with E-state index in [1.807, 2.05) is 0 Å². The van der Waals surface area contributed by atoms with Gasteiger partial charge in [0.05, 0.1) is 0 Å². The predicted molar refractivity (Wildman–Crippen MR) is 80.1 cm³/mol. The Bertz CT molecular complexity index is 715. The molecule has 1 aromatic rings. The van der Waals surface area contributed by atoms with Crippen LogP contribution in [0.4, 0.5) is 0 Å². The van der Waals surface area contributed by atoms with Crippen LogP contribution in [0.1, 0.15) is 27.0 Å². The van der Waals surface area contributed by atoms with E-state index in [4.69, 9.17) is 18.9 Å². The highest BCUT2D eigenvalue weighted by molar-refractivity contribution is 5.67. The summed E-state index contributed by atoms with van der Waals surface area (Å²) in [6.45, 7) is 3.32. The van der Waals surface area contributed by atoms with Crippen molar-refractivity contribution < 1.29 is 33.3 Å². The Morgan fingerprint density at radius 1 is 1.12 bits per heavy atom.